The van der Waals surface area contributed by atoms with Gasteiger partial charge in [0.05, 0.1) is 29.8 Å². The van der Waals surface area contributed by atoms with Crippen LogP contribution in [0.2, 0.25) is 0 Å². The summed E-state index contributed by atoms with van der Waals surface area (Å²) in [6, 6.07) is 14.3. The second-order valence-corrected chi connectivity index (χ2v) is 7.32. The molecular weight excluding hydrogens is 344 g/mol. The highest BCUT2D eigenvalue weighted by Gasteiger charge is 2.20. The monoisotopic (exact) mass is 368 g/mol. The Balaban J connectivity index is 1.94. The lowest BCUT2D eigenvalue weighted by molar-refractivity contribution is -0.119. The van der Waals surface area contributed by atoms with Crippen LogP contribution in [0.25, 0.3) is 10.2 Å². The lowest BCUT2D eigenvalue weighted by atomic mass is 10.1. The summed E-state index contributed by atoms with van der Waals surface area (Å²) in [5.41, 5.74) is 4.43. The molecule has 0 saturated heterocycles. The highest BCUT2D eigenvalue weighted by molar-refractivity contribution is 7.22. The summed E-state index contributed by atoms with van der Waals surface area (Å²) in [7, 11) is 0. The lowest BCUT2D eigenvalue weighted by Gasteiger charge is -2.20. The maximum atomic E-state index is 12.9. The molecule has 3 aromatic rings. The summed E-state index contributed by atoms with van der Waals surface area (Å²) in [5, 5.41) is 0.749. The van der Waals surface area contributed by atoms with E-state index in [1.54, 1.807) is 16.2 Å². The quantitative estimate of drug-likeness (QED) is 0.559. The molecule has 0 bridgehead atoms. The fourth-order valence-electron chi connectivity index (χ4n) is 2.95. The molecule has 0 aliphatic carbocycles. The number of aromatic nitrogens is 1. The van der Waals surface area contributed by atoms with Crippen LogP contribution in [-0.2, 0) is 16.1 Å². The summed E-state index contributed by atoms with van der Waals surface area (Å²) in [6.45, 7) is 7.67. The number of amides is 1. The molecular formula is C21H24N2O2S. The highest BCUT2D eigenvalue weighted by atomic mass is 32.1. The van der Waals surface area contributed by atoms with Crippen LogP contribution in [0.5, 0.6) is 0 Å². The SMILES string of the molecule is CCOCCC(=O)N(Cc1ccccc1)c1nc2cc(C)cc(C)c2s1. The van der Waals surface area contributed by atoms with Crippen molar-refractivity contribution in [2.75, 3.05) is 18.1 Å². The van der Waals surface area contributed by atoms with E-state index in [1.807, 2.05) is 37.3 Å². The van der Waals surface area contributed by atoms with Crippen molar-refractivity contribution in [2.45, 2.75) is 33.7 Å². The van der Waals surface area contributed by atoms with Crippen molar-refractivity contribution in [1.82, 2.24) is 4.98 Å². The third-order valence-corrected chi connectivity index (χ3v) is 5.42. The minimum atomic E-state index is 0.0377. The number of rotatable bonds is 7. The largest absolute Gasteiger partial charge is 0.381 e. The molecule has 0 radical (unpaired) electrons. The number of fused-ring (bicyclic) bond motifs is 1. The first kappa shape index (κ1) is 18.5. The predicted octanol–water partition coefficient (Wildman–Crippen LogP) is 4.87. The first-order valence-corrected chi connectivity index (χ1v) is 9.70. The standard InChI is InChI=1S/C21H24N2O2S/c1-4-25-11-10-19(24)23(14-17-8-6-5-7-9-17)21-22-18-13-15(2)12-16(3)20(18)26-21/h5-9,12-13H,4,10-11,14H2,1-3H3. The zero-order valence-corrected chi connectivity index (χ0v) is 16.3. The molecule has 0 fully saturated rings. The van der Waals surface area contributed by atoms with Crippen LogP contribution in [0.15, 0.2) is 42.5 Å². The molecule has 0 spiro atoms. The molecule has 0 unspecified atom stereocenters. The Morgan fingerprint density at radius 3 is 2.69 bits per heavy atom. The van der Waals surface area contributed by atoms with E-state index in [9.17, 15) is 4.79 Å². The average molecular weight is 369 g/mol. The van der Waals surface area contributed by atoms with Gasteiger partial charge in [0.25, 0.3) is 0 Å². The van der Waals surface area contributed by atoms with Crippen LogP contribution in [0.3, 0.4) is 0 Å². The third-order valence-electron chi connectivity index (χ3n) is 4.19. The molecule has 26 heavy (non-hydrogen) atoms. The van der Waals surface area contributed by atoms with Gasteiger partial charge in [0.1, 0.15) is 0 Å². The Kier molecular flexibility index (Phi) is 6.01. The van der Waals surface area contributed by atoms with Crippen molar-refractivity contribution in [1.29, 1.82) is 0 Å². The van der Waals surface area contributed by atoms with Crippen LogP contribution < -0.4 is 4.90 Å². The molecule has 0 aliphatic rings. The van der Waals surface area contributed by atoms with Crippen LogP contribution >= 0.6 is 11.3 Å². The molecule has 0 N–H and O–H groups in total. The second kappa shape index (κ2) is 8.43. The van der Waals surface area contributed by atoms with Crippen LogP contribution in [0.4, 0.5) is 5.13 Å². The number of hydrogen-bond donors (Lipinski definition) is 0. The average Bonchev–Trinajstić information content (AvgIpc) is 3.04. The Labute approximate surface area is 158 Å². The molecule has 1 aromatic heterocycles. The number of benzene rings is 2. The zero-order chi connectivity index (χ0) is 18.5. The van der Waals surface area contributed by atoms with Crippen molar-refractivity contribution < 1.29 is 9.53 Å². The van der Waals surface area contributed by atoms with Crippen LogP contribution in [-0.4, -0.2) is 24.1 Å². The van der Waals surface area contributed by atoms with Crippen molar-refractivity contribution in [3.8, 4) is 0 Å². The van der Waals surface area contributed by atoms with Gasteiger partial charge in [0.2, 0.25) is 5.91 Å². The van der Waals surface area contributed by atoms with E-state index >= 15 is 0 Å². The van der Waals surface area contributed by atoms with Gasteiger partial charge in [0, 0.05) is 6.61 Å². The van der Waals surface area contributed by atoms with Gasteiger partial charge in [-0.05, 0) is 43.5 Å². The molecule has 0 atom stereocenters. The molecule has 136 valence electrons. The number of carbonyl (C=O) groups is 1. The van der Waals surface area contributed by atoms with Gasteiger partial charge in [-0.15, -0.1) is 0 Å². The van der Waals surface area contributed by atoms with Gasteiger partial charge in [-0.25, -0.2) is 4.98 Å². The maximum Gasteiger partial charge on any atom is 0.231 e. The number of thiazole rings is 1. The number of carbonyl (C=O) groups excluding carboxylic acids is 1. The fraction of sp³-hybridized carbons (Fsp3) is 0.333. The Hall–Kier alpha value is -2.24. The first-order chi connectivity index (χ1) is 12.6. The number of hydrogen-bond acceptors (Lipinski definition) is 4. The fourth-order valence-corrected chi connectivity index (χ4v) is 3.98. The maximum absolute atomic E-state index is 12.9. The third kappa shape index (κ3) is 4.29. The highest BCUT2D eigenvalue weighted by Crippen LogP contribution is 2.33. The van der Waals surface area contributed by atoms with E-state index in [0.29, 0.717) is 26.2 Å². The van der Waals surface area contributed by atoms with E-state index in [-0.39, 0.29) is 5.91 Å². The van der Waals surface area contributed by atoms with Crippen molar-refractivity contribution in [3.63, 3.8) is 0 Å². The van der Waals surface area contributed by atoms with Gasteiger partial charge in [-0.2, -0.15) is 0 Å². The second-order valence-electron chi connectivity index (χ2n) is 6.34. The molecule has 2 aromatic carbocycles. The number of nitrogens with zero attached hydrogens (tertiary/aromatic N) is 2. The topological polar surface area (TPSA) is 42.4 Å². The Morgan fingerprint density at radius 2 is 1.96 bits per heavy atom. The summed E-state index contributed by atoms with van der Waals surface area (Å²) >= 11 is 1.58. The molecule has 1 heterocycles. The van der Waals surface area contributed by atoms with Gasteiger partial charge in [-0.3, -0.25) is 9.69 Å². The minimum absolute atomic E-state index is 0.0377. The molecule has 0 saturated carbocycles. The Bertz CT molecular complexity index is 890. The molecule has 0 aliphatic heterocycles. The van der Waals surface area contributed by atoms with Crippen molar-refractivity contribution >= 4 is 32.6 Å². The lowest BCUT2D eigenvalue weighted by Crippen LogP contribution is -2.31. The van der Waals surface area contributed by atoms with Gasteiger partial charge in [0.15, 0.2) is 5.13 Å². The summed E-state index contributed by atoms with van der Waals surface area (Å²) in [5.74, 6) is 0.0377. The van der Waals surface area contributed by atoms with E-state index in [0.717, 1.165) is 20.9 Å². The van der Waals surface area contributed by atoms with E-state index in [2.05, 4.69) is 26.0 Å². The number of ether oxygens (including phenoxy) is 1. The normalized spacial score (nSPS) is 11.0. The molecule has 3 rings (SSSR count). The van der Waals surface area contributed by atoms with Crippen molar-refractivity contribution in [2.24, 2.45) is 0 Å². The van der Waals surface area contributed by atoms with E-state index < -0.39 is 0 Å². The van der Waals surface area contributed by atoms with Crippen LogP contribution in [0.1, 0.15) is 30.0 Å². The van der Waals surface area contributed by atoms with E-state index in [1.165, 1.54) is 11.1 Å². The summed E-state index contributed by atoms with van der Waals surface area (Å²) in [6.07, 6.45) is 0.356. The smallest absolute Gasteiger partial charge is 0.231 e. The summed E-state index contributed by atoms with van der Waals surface area (Å²) in [4.78, 5) is 19.4. The van der Waals surface area contributed by atoms with Gasteiger partial charge < -0.3 is 4.74 Å². The van der Waals surface area contributed by atoms with Gasteiger partial charge >= 0.3 is 0 Å². The van der Waals surface area contributed by atoms with Gasteiger partial charge in [-0.1, -0.05) is 47.7 Å². The number of aryl methyl sites for hydroxylation is 2. The number of anilines is 1. The van der Waals surface area contributed by atoms with Crippen molar-refractivity contribution in [3.05, 3.63) is 59.2 Å². The summed E-state index contributed by atoms with van der Waals surface area (Å²) < 4.78 is 6.51. The minimum Gasteiger partial charge on any atom is -0.381 e. The zero-order valence-electron chi connectivity index (χ0n) is 15.5. The predicted molar refractivity (Wildman–Crippen MR) is 108 cm³/mol. The van der Waals surface area contributed by atoms with E-state index in [4.69, 9.17) is 9.72 Å². The van der Waals surface area contributed by atoms with Crippen LogP contribution in [0, 0.1) is 13.8 Å². The molecule has 4 nitrogen and oxygen atoms in total. The first-order valence-electron chi connectivity index (χ1n) is 8.88. The Morgan fingerprint density at radius 1 is 1.19 bits per heavy atom. The molecule has 1 amide bonds. The molecule has 5 heteroatoms.